The lowest BCUT2D eigenvalue weighted by Crippen LogP contribution is -2.30. The molecule has 0 fully saturated rings. The van der Waals surface area contributed by atoms with Gasteiger partial charge in [0.05, 0.1) is 6.10 Å². The lowest BCUT2D eigenvalue weighted by molar-refractivity contribution is 0.0483. The Labute approximate surface area is 76.6 Å². The molecule has 0 aromatic carbocycles. The van der Waals surface area contributed by atoms with Gasteiger partial charge >= 0.3 is 0 Å². The molecule has 0 aliphatic carbocycles. The molecule has 74 valence electrons. The molecule has 2 nitrogen and oxygen atoms in total. The maximum atomic E-state index is 9.70. The van der Waals surface area contributed by atoms with Crippen LogP contribution < -0.4 is 0 Å². The van der Waals surface area contributed by atoms with Crippen LogP contribution in [0.1, 0.15) is 34.1 Å². The van der Waals surface area contributed by atoms with Gasteiger partial charge in [-0.1, -0.05) is 27.7 Å². The molecule has 0 aromatic rings. The van der Waals surface area contributed by atoms with Gasteiger partial charge in [0, 0.05) is 6.54 Å². The smallest absolute Gasteiger partial charge is 0.0600 e. The summed E-state index contributed by atoms with van der Waals surface area (Å²) in [5.41, 5.74) is 0.0224. The first-order valence-corrected chi connectivity index (χ1v) is 4.74. The lowest BCUT2D eigenvalue weighted by Gasteiger charge is -2.27. The van der Waals surface area contributed by atoms with Crippen LogP contribution >= 0.6 is 0 Å². The van der Waals surface area contributed by atoms with E-state index < -0.39 is 0 Å². The minimum Gasteiger partial charge on any atom is -0.393 e. The summed E-state index contributed by atoms with van der Waals surface area (Å²) >= 11 is 0. The van der Waals surface area contributed by atoms with Crippen LogP contribution in [-0.2, 0) is 0 Å². The highest BCUT2D eigenvalue weighted by atomic mass is 16.3. The summed E-state index contributed by atoms with van der Waals surface area (Å²) in [7, 11) is 2.08. The molecule has 0 rings (SSSR count). The number of hydrogen-bond donors (Lipinski definition) is 1. The maximum absolute atomic E-state index is 9.70. The molecular formula is C10H23NO. The van der Waals surface area contributed by atoms with E-state index >= 15 is 0 Å². The standard InChI is InChI=1S/C10H23NO/c1-6-11(5)8-7-9(12)10(2,3)4/h9,12H,6-8H2,1-5H3. The first-order valence-electron chi connectivity index (χ1n) is 4.74. The monoisotopic (exact) mass is 173 g/mol. The first-order chi connectivity index (χ1) is 5.38. The second-order valence-electron chi connectivity index (χ2n) is 4.57. The van der Waals surface area contributed by atoms with Gasteiger partial charge in [0.1, 0.15) is 0 Å². The average molecular weight is 173 g/mol. The zero-order valence-corrected chi connectivity index (χ0v) is 9.09. The molecule has 0 aliphatic heterocycles. The van der Waals surface area contributed by atoms with Crippen molar-refractivity contribution in [1.29, 1.82) is 0 Å². The van der Waals surface area contributed by atoms with Gasteiger partial charge in [-0.3, -0.25) is 0 Å². The molecule has 1 unspecified atom stereocenters. The Hall–Kier alpha value is -0.0800. The highest BCUT2D eigenvalue weighted by Gasteiger charge is 2.21. The van der Waals surface area contributed by atoms with Crippen LogP contribution in [0, 0.1) is 5.41 Å². The molecular weight excluding hydrogens is 150 g/mol. The Balaban J connectivity index is 3.64. The molecule has 2 heteroatoms. The van der Waals surface area contributed by atoms with Crippen LogP contribution in [-0.4, -0.2) is 36.2 Å². The van der Waals surface area contributed by atoms with E-state index in [9.17, 15) is 5.11 Å². The van der Waals surface area contributed by atoms with Crippen molar-refractivity contribution >= 4 is 0 Å². The zero-order valence-electron chi connectivity index (χ0n) is 9.09. The van der Waals surface area contributed by atoms with E-state index in [1.165, 1.54) is 0 Å². The van der Waals surface area contributed by atoms with E-state index in [2.05, 4.69) is 39.6 Å². The second kappa shape index (κ2) is 4.83. The largest absolute Gasteiger partial charge is 0.393 e. The number of aliphatic hydroxyl groups is 1. The van der Waals surface area contributed by atoms with Crippen LogP contribution in [0.2, 0.25) is 0 Å². The fraction of sp³-hybridized carbons (Fsp3) is 1.00. The van der Waals surface area contributed by atoms with Crippen LogP contribution in [0.15, 0.2) is 0 Å². The molecule has 0 amide bonds. The fourth-order valence-electron chi connectivity index (χ4n) is 0.934. The van der Waals surface area contributed by atoms with E-state index in [-0.39, 0.29) is 11.5 Å². The minimum atomic E-state index is -0.188. The molecule has 0 saturated heterocycles. The van der Waals surface area contributed by atoms with Crippen molar-refractivity contribution in [1.82, 2.24) is 4.90 Å². The van der Waals surface area contributed by atoms with E-state index in [0.29, 0.717) is 0 Å². The molecule has 0 heterocycles. The molecule has 0 radical (unpaired) electrons. The summed E-state index contributed by atoms with van der Waals surface area (Å²) in [6.45, 7) is 10.4. The third kappa shape index (κ3) is 4.73. The van der Waals surface area contributed by atoms with Crippen LogP contribution in [0.3, 0.4) is 0 Å². The molecule has 0 bridgehead atoms. The normalized spacial score (nSPS) is 15.2. The van der Waals surface area contributed by atoms with Crippen molar-refractivity contribution in [3.63, 3.8) is 0 Å². The van der Waals surface area contributed by atoms with E-state index in [1.807, 2.05) is 0 Å². The number of rotatable bonds is 4. The van der Waals surface area contributed by atoms with Gasteiger partial charge in [-0.25, -0.2) is 0 Å². The lowest BCUT2D eigenvalue weighted by atomic mass is 9.87. The van der Waals surface area contributed by atoms with Crippen molar-refractivity contribution in [3.8, 4) is 0 Å². The van der Waals surface area contributed by atoms with Gasteiger partial charge < -0.3 is 10.0 Å². The summed E-state index contributed by atoms with van der Waals surface area (Å²) in [6.07, 6.45) is 0.680. The van der Waals surface area contributed by atoms with Gasteiger partial charge in [-0.05, 0) is 25.4 Å². The summed E-state index contributed by atoms with van der Waals surface area (Å²) in [4.78, 5) is 2.22. The maximum Gasteiger partial charge on any atom is 0.0600 e. The number of aliphatic hydroxyl groups excluding tert-OH is 1. The summed E-state index contributed by atoms with van der Waals surface area (Å²) in [5, 5.41) is 9.70. The van der Waals surface area contributed by atoms with Gasteiger partial charge in [0.2, 0.25) is 0 Å². The van der Waals surface area contributed by atoms with Gasteiger partial charge in [0.15, 0.2) is 0 Å². The SMILES string of the molecule is CCN(C)CCC(O)C(C)(C)C. The topological polar surface area (TPSA) is 23.5 Å². The molecule has 12 heavy (non-hydrogen) atoms. The summed E-state index contributed by atoms with van der Waals surface area (Å²) in [5.74, 6) is 0. The van der Waals surface area contributed by atoms with Crippen molar-refractivity contribution < 1.29 is 5.11 Å². The van der Waals surface area contributed by atoms with Crippen LogP contribution in [0.25, 0.3) is 0 Å². The van der Waals surface area contributed by atoms with E-state index in [1.54, 1.807) is 0 Å². The quantitative estimate of drug-likeness (QED) is 0.700. The van der Waals surface area contributed by atoms with Crippen molar-refractivity contribution in [2.24, 2.45) is 5.41 Å². The number of hydrogen-bond acceptors (Lipinski definition) is 2. The Morgan fingerprint density at radius 2 is 1.83 bits per heavy atom. The van der Waals surface area contributed by atoms with Crippen molar-refractivity contribution in [2.45, 2.75) is 40.2 Å². The Morgan fingerprint density at radius 1 is 1.33 bits per heavy atom. The van der Waals surface area contributed by atoms with Crippen LogP contribution in [0.4, 0.5) is 0 Å². The van der Waals surface area contributed by atoms with Crippen molar-refractivity contribution in [3.05, 3.63) is 0 Å². The Bertz CT molecular complexity index is 117. The summed E-state index contributed by atoms with van der Waals surface area (Å²) < 4.78 is 0. The Morgan fingerprint density at radius 3 is 2.17 bits per heavy atom. The Kier molecular flexibility index (Phi) is 4.80. The minimum absolute atomic E-state index is 0.0224. The summed E-state index contributed by atoms with van der Waals surface area (Å²) in [6, 6.07) is 0. The van der Waals surface area contributed by atoms with E-state index in [4.69, 9.17) is 0 Å². The molecule has 0 saturated carbocycles. The first kappa shape index (κ1) is 11.9. The highest BCUT2D eigenvalue weighted by Crippen LogP contribution is 2.21. The molecule has 1 atom stereocenters. The fourth-order valence-corrected chi connectivity index (χ4v) is 0.934. The zero-order chi connectivity index (χ0) is 9.78. The third-order valence-electron chi connectivity index (χ3n) is 2.32. The van der Waals surface area contributed by atoms with Gasteiger partial charge in [0.25, 0.3) is 0 Å². The van der Waals surface area contributed by atoms with Gasteiger partial charge in [-0.15, -0.1) is 0 Å². The van der Waals surface area contributed by atoms with Crippen LogP contribution in [0.5, 0.6) is 0 Å². The molecule has 0 aromatic heterocycles. The third-order valence-corrected chi connectivity index (χ3v) is 2.32. The predicted octanol–water partition coefficient (Wildman–Crippen LogP) is 1.74. The number of nitrogens with zero attached hydrogens (tertiary/aromatic N) is 1. The van der Waals surface area contributed by atoms with Crippen molar-refractivity contribution in [2.75, 3.05) is 20.1 Å². The van der Waals surface area contributed by atoms with E-state index in [0.717, 1.165) is 19.5 Å². The average Bonchev–Trinajstić information content (AvgIpc) is 1.97. The molecule has 0 aliphatic rings. The highest BCUT2D eigenvalue weighted by molar-refractivity contribution is 4.73. The molecule has 1 N–H and O–H groups in total. The predicted molar refractivity (Wildman–Crippen MR) is 53.2 cm³/mol. The molecule has 0 spiro atoms. The van der Waals surface area contributed by atoms with Gasteiger partial charge in [-0.2, -0.15) is 0 Å². The second-order valence-corrected chi connectivity index (χ2v) is 4.57.